The minimum Gasteiger partial charge on any atom is -0.354 e. The van der Waals surface area contributed by atoms with E-state index in [4.69, 9.17) is 0 Å². The molecule has 3 aromatic rings. The fraction of sp³-hybridized carbons (Fsp3) is 0.375. The van der Waals surface area contributed by atoms with Crippen LogP contribution in [0.2, 0.25) is 0 Å². The summed E-state index contributed by atoms with van der Waals surface area (Å²) in [4.78, 5) is 28.6. The second-order valence-corrected chi connectivity index (χ2v) is 13.3. The van der Waals surface area contributed by atoms with Crippen LogP contribution in [0.1, 0.15) is 63.1 Å². The number of hydrogen-bond donors (Lipinski definition) is 1. The molecule has 0 bridgehead atoms. The third-order valence-corrected chi connectivity index (χ3v) is 9.26. The zero-order valence-corrected chi connectivity index (χ0v) is 26.8. The molecule has 1 unspecified atom stereocenters. The van der Waals surface area contributed by atoms with Gasteiger partial charge in [0.1, 0.15) is 12.6 Å². The summed E-state index contributed by atoms with van der Waals surface area (Å²) in [5.41, 5.74) is 3.18. The zero-order chi connectivity index (χ0) is 30.2. The number of rotatable bonds is 13. The molecule has 1 atom stereocenters. The molecule has 41 heavy (non-hydrogen) atoms. The lowest BCUT2D eigenvalue weighted by molar-refractivity contribution is -0.139. The molecule has 0 saturated carbocycles. The molecular formula is C32H40BrN3O4S. The van der Waals surface area contributed by atoms with E-state index in [0.717, 1.165) is 38.3 Å². The number of sulfonamides is 1. The molecule has 220 valence electrons. The first-order valence-electron chi connectivity index (χ1n) is 13.9. The lowest BCUT2D eigenvalue weighted by Gasteiger charge is -2.32. The van der Waals surface area contributed by atoms with E-state index in [2.05, 4.69) is 35.1 Å². The first-order chi connectivity index (χ1) is 19.4. The van der Waals surface area contributed by atoms with E-state index in [1.54, 1.807) is 43.3 Å². The number of halogens is 1. The van der Waals surface area contributed by atoms with Gasteiger partial charge < -0.3 is 10.2 Å². The molecule has 9 heteroatoms. The normalized spacial score (nSPS) is 12.2. The van der Waals surface area contributed by atoms with E-state index in [1.807, 2.05) is 50.2 Å². The number of nitrogens with one attached hydrogen (secondary N) is 1. The Labute approximate surface area is 253 Å². The Balaban J connectivity index is 2.02. The monoisotopic (exact) mass is 641 g/mol. The first-order valence-corrected chi connectivity index (χ1v) is 16.2. The second kappa shape index (κ2) is 14.6. The number of benzene rings is 3. The van der Waals surface area contributed by atoms with Gasteiger partial charge in [-0.15, -0.1) is 0 Å². The molecule has 3 rings (SSSR count). The number of unbranched alkanes of at least 4 members (excludes halogenated alkanes) is 1. The Morgan fingerprint density at radius 1 is 0.951 bits per heavy atom. The third-order valence-electron chi connectivity index (χ3n) is 6.97. The maximum atomic E-state index is 14.0. The molecule has 0 aliphatic carbocycles. The molecule has 7 nitrogen and oxygen atoms in total. The lowest BCUT2D eigenvalue weighted by Crippen LogP contribution is -2.51. The van der Waals surface area contributed by atoms with Crippen molar-refractivity contribution < 1.29 is 18.0 Å². The van der Waals surface area contributed by atoms with Crippen molar-refractivity contribution in [1.29, 1.82) is 0 Å². The number of nitrogens with zero attached hydrogens (tertiary/aromatic N) is 2. The fourth-order valence-corrected chi connectivity index (χ4v) is 6.20. The standard InChI is InChI=1S/C32H40BrN3O4S/c1-6-7-19-34-32(38)25(5)35(21-26-9-8-10-28(33)20-26)31(37)22-36(29-15-13-27(14-16-29)23(2)3)41(39,40)30-17-11-24(4)12-18-30/h8-18,20,23,25H,6-7,19,21-22H2,1-5H3,(H,34,38). The highest BCUT2D eigenvalue weighted by molar-refractivity contribution is 9.10. The van der Waals surface area contributed by atoms with Crippen LogP contribution in [0.25, 0.3) is 0 Å². The Bertz CT molecular complexity index is 1420. The molecule has 0 spiro atoms. The van der Waals surface area contributed by atoms with E-state index in [-0.39, 0.29) is 23.3 Å². The van der Waals surface area contributed by atoms with Crippen molar-refractivity contribution in [3.05, 3.63) is 94.0 Å². The van der Waals surface area contributed by atoms with Crippen LogP contribution in [0.3, 0.4) is 0 Å². The van der Waals surface area contributed by atoms with Crippen LogP contribution in [-0.2, 0) is 26.2 Å². The van der Waals surface area contributed by atoms with Gasteiger partial charge in [0, 0.05) is 17.6 Å². The summed E-state index contributed by atoms with van der Waals surface area (Å²) < 4.78 is 29.9. The Morgan fingerprint density at radius 2 is 1.61 bits per heavy atom. The summed E-state index contributed by atoms with van der Waals surface area (Å²) in [5, 5.41) is 2.91. The third kappa shape index (κ3) is 8.66. The van der Waals surface area contributed by atoms with Crippen LogP contribution in [-0.4, -0.2) is 44.3 Å². The molecule has 2 amide bonds. The summed E-state index contributed by atoms with van der Waals surface area (Å²) >= 11 is 3.47. The van der Waals surface area contributed by atoms with Crippen LogP contribution in [0.15, 0.2) is 82.2 Å². The van der Waals surface area contributed by atoms with Crippen molar-refractivity contribution in [2.45, 2.75) is 70.9 Å². The van der Waals surface area contributed by atoms with Crippen molar-refractivity contribution in [2.24, 2.45) is 0 Å². The van der Waals surface area contributed by atoms with Gasteiger partial charge in [0.05, 0.1) is 10.6 Å². The zero-order valence-electron chi connectivity index (χ0n) is 24.4. The molecule has 0 aliphatic rings. The van der Waals surface area contributed by atoms with Gasteiger partial charge in [-0.25, -0.2) is 8.42 Å². The van der Waals surface area contributed by atoms with Crippen LogP contribution in [0.4, 0.5) is 5.69 Å². The van der Waals surface area contributed by atoms with Gasteiger partial charge in [0.15, 0.2) is 0 Å². The van der Waals surface area contributed by atoms with E-state index < -0.39 is 28.5 Å². The van der Waals surface area contributed by atoms with Crippen molar-refractivity contribution in [1.82, 2.24) is 10.2 Å². The predicted octanol–water partition coefficient (Wildman–Crippen LogP) is 6.41. The molecule has 1 N–H and O–H groups in total. The Kier molecular flexibility index (Phi) is 11.5. The molecule has 0 aliphatic heterocycles. The van der Waals surface area contributed by atoms with E-state index >= 15 is 0 Å². The number of carbonyl (C=O) groups excluding carboxylic acids is 2. The quantitative estimate of drug-likeness (QED) is 0.219. The molecule has 0 saturated heterocycles. The van der Waals surface area contributed by atoms with Gasteiger partial charge in [-0.1, -0.05) is 85.1 Å². The number of amides is 2. The van der Waals surface area contributed by atoms with Crippen molar-refractivity contribution in [3.8, 4) is 0 Å². The van der Waals surface area contributed by atoms with Crippen LogP contribution >= 0.6 is 15.9 Å². The smallest absolute Gasteiger partial charge is 0.264 e. The number of aryl methyl sites for hydroxylation is 1. The molecule has 0 fully saturated rings. The van der Waals surface area contributed by atoms with Crippen LogP contribution < -0.4 is 9.62 Å². The van der Waals surface area contributed by atoms with Crippen molar-refractivity contribution in [2.75, 3.05) is 17.4 Å². The highest BCUT2D eigenvalue weighted by Crippen LogP contribution is 2.27. The van der Waals surface area contributed by atoms with Gasteiger partial charge in [-0.2, -0.15) is 0 Å². The summed E-state index contributed by atoms with van der Waals surface area (Å²) in [6.45, 7) is 9.91. The van der Waals surface area contributed by atoms with Gasteiger partial charge in [-0.05, 0) is 73.7 Å². The van der Waals surface area contributed by atoms with E-state index in [9.17, 15) is 18.0 Å². The van der Waals surface area contributed by atoms with Gasteiger partial charge >= 0.3 is 0 Å². The second-order valence-electron chi connectivity index (χ2n) is 10.5. The fourth-order valence-electron chi connectivity index (χ4n) is 4.34. The predicted molar refractivity (Wildman–Crippen MR) is 168 cm³/mol. The molecular weight excluding hydrogens is 602 g/mol. The minimum absolute atomic E-state index is 0.0905. The Morgan fingerprint density at radius 3 is 2.20 bits per heavy atom. The number of anilines is 1. The van der Waals surface area contributed by atoms with Crippen molar-refractivity contribution >= 4 is 43.5 Å². The lowest BCUT2D eigenvalue weighted by atomic mass is 10.0. The summed E-state index contributed by atoms with van der Waals surface area (Å²) in [5.74, 6) is -0.497. The van der Waals surface area contributed by atoms with E-state index in [1.165, 1.54) is 4.90 Å². The first kappa shape index (κ1) is 32.3. The molecule has 3 aromatic carbocycles. The topological polar surface area (TPSA) is 86.8 Å². The van der Waals surface area contributed by atoms with E-state index in [0.29, 0.717) is 12.2 Å². The average molecular weight is 643 g/mol. The van der Waals surface area contributed by atoms with Gasteiger partial charge in [0.2, 0.25) is 11.8 Å². The number of carbonyl (C=O) groups is 2. The largest absolute Gasteiger partial charge is 0.354 e. The summed E-state index contributed by atoms with van der Waals surface area (Å²) in [6.07, 6.45) is 1.75. The minimum atomic E-state index is -4.10. The summed E-state index contributed by atoms with van der Waals surface area (Å²) in [6, 6.07) is 20.5. The van der Waals surface area contributed by atoms with Crippen LogP contribution in [0, 0.1) is 6.92 Å². The highest BCUT2D eigenvalue weighted by atomic mass is 79.9. The molecule has 0 heterocycles. The molecule has 0 radical (unpaired) electrons. The maximum Gasteiger partial charge on any atom is 0.264 e. The highest BCUT2D eigenvalue weighted by Gasteiger charge is 2.32. The number of hydrogen-bond acceptors (Lipinski definition) is 4. The summed E-state index contributed by atoms with van der Waals surface area (Å²) in [7, 11) is -4.10. The SMILES string of the molecule is CCCCNC(=O)C(C)N(Cc1cccc(Br)c1)C(=O)CN(c1ccc(C(C)C)cc1)S(=O)(=O)c1ccc(C)cc1. The maximum absolute atomic E-state index is 14.0. The van der Waals surface area contributed by atoms with Gasteiger partial charge in [-0.3, -0.25) is 13.9 Å². The van der Waals surface area contributed by atoms with Gasteiger partial charge in [0.25, 0.3) is 10.0 Å². The molecule has 0 aromatic heterocycles. The van der Waals surface area contributed by atoms with Crippen LogP contribution in [0.5, 0.6) is 0 Å². The van der Waals surface area contributed by atoms with Crippen molar-refractivity contribution in [3.63, 3.8) is 0 Å². The average Bonchev–Trinajstić information content (AvgIpc) is 2.94. The Hall–Kier alpha value is -3.17.